The Hall–Kier alpha value is -3.48. The highest BCUT2D eigenvalue weighted by Crippen LogP contribution is 2.43. The number of amides is 1. The van der Waals surface area contributed by atoms with Crippen molar-refractivity contribution >= 4 is 45.9 Å². The average molecular weight is 686 g/mol. The van der Waals surface area contributed by atoms with Gasteiger partial charge in [0, 0.05) is 66.3 Å². The second-order valence-corrected chi connectivity index (χ2v) is 15.0. The van der Waals surface area contributed by atoms with Crippen LogP contribution in [0.3, 0.4) is 0 Å². The van der Waals surface area contributed by atoms with Gasteiger partial charge < -0.3 is 15.0 Å². The van der Waals surface area contributed by atoms with Crippen LogP contribution in [0, 0.1) is 11.6 Å². The number of anilines is 1. The Bertz CT molecular complexity index is 1750. The topological polar surface area (TPSA) is 95.0 Å². The van der Waals surface area contributed by atoms with E-state index in [1.807, 2.05) is 18.9 Å². The van der Waals surface area contributed by atoms with Gasteiger partial charge in [0.05, 0.1) is 10.7 Å². The SMILES string of the molecule is CC(=Nc1cc(F)ccc1-c1c(Cl)cc2c(N3CC4CCC(C3)N4)nc(CCC3(C)CC(F)CN3C)nc2c1F)NC(=O)OC(C)(C)C. The van der Waals surface area contributed by atoms with Gasteiger partial charge in [-0.05, 0) is 85.5 Å². The first-order valence-electron chi connectivity index (χ1n) is 16.5. The summed E-state index contributed by atoms with van der Waals surface area (Å²) in [5.74, 6) is -0.0871. The summed E-state index contributed by atoms with van der Waals surface area (Å²) in [6.07, 6.45) is 1.92. The smallest absolute Gasteiger partial charge is 0.413 e. The fourth-order valence-corrected chi connectivity index (χ4v) is 7.45. The molecule has 3 aliphatic heterocycles. The summed E-state index contributed by atoms with van der Waals surface area (Å²) in [7, 11) is 1.92. The second kappa shape index (κ2) is 13.1. The van der Waals surface area contributed by atoms with Gasteiger partial charge in [0.25, 0.3) is 0 Å². The number of nitrogens with one attached hydrogen (secondary N) is 2. The first-order valence-corrected chi connectivity index (χ1v) is 16.9. The number of rotatable bonds is 6. The van der Waals surface area contributed by atoms with E-state index in [1.54, 1.807) is 26.8 Å². The van der Waals surface area contributed by atoms with Crippen LogP contribution < -0.4 is 15.5 Å². The van der Waals surface area contributed by atoms with Gasteiger partial charge in [0.2, 0.25) is 0 Å². The molecular weight excluding hydrogens is 643 g/mol. The Balaban J connectivity index is 1.43. The van der Waals surface area contributed by atoms with Crippen LogP contribution in [0.1, 0.15) is 66.1 Å². The summed E-state index contributed by atoms with van der Waals surface area (Å²) in [6, 6.07) is 6.05. The number of aryl methyl sites for hydroxylation is 1. The molecule has 3 fully saturated rings. The predicted octanol–water partition coefficient (Wildman–Crippen LogP) is 7.11. The Morgan fingerprint density at radius 3 is 2.52 bits per heavy atom. The van der Waals surface area contributed by atoms with E-state index < -0.39 is 29.5 Å². The number of ether oxygens (including phenoxy) is 1. The van der Waals surface area contributed by atoms with E-state index in [-0.39, 0.29) is 38.7 Å². The fraction of sp³-hybridized carbons (Fsp3) is 0.543. The first kappa shape index (κ1) is 34.4. The molecule has 3 aliphatic rings. The molecule has 0 spiro atoms. The van der Waals surface area contributed by atoms with E-state index in [1.165, 1.54) is 19.1 Å². The lowest BCUT2D eigenvalue weighted by molar-refractivity contribution is 0.0563. The van der Waals surface area contributed by atoms with Gasteiger partial charge in [-0.3, -0.25) is 10.2 Å². The largest absolute Gasteiger partial charge is 0.444 e. The summed E-state index contributed by atoms with van der Waals surface area (Å²) >= 11 is 6.86. The van der Waals surface area contributed by atoms with E-state index in [4.69, 9.17) is 26.3 Å². The van der Waals surface area contributed by atoms with Crippen molar-refractivity contribution in [2.75, 3.05) is 31.6 Å². The van der Waals surface area contributed by atoms with Crippen LogP contribution in [-0.2, 0) is 11.2 Å². The van der Waals surface area contributed by atoms with Crippen molar-refractivity contribution in [1.82, 2.24) is 25.5 Å². The molecule has 9 nitrogen and oxygen atoms in total. The van der Waals surface area contributed by atoms with E-state index in [0.717, 1.165) is 18.9 Å². The number of fused-ring (bicyclic) bond motifs is 3. The van der Waals surface area contributed by atoms with Crippen LogP contribution in [0.4, 0.5) is 29.5 Å². The van der Waals surface area contributed by atoms with E-state index in [2.05, 4.69) is 20.5 Å². The predicted molar refractivity (Wildman–Crippen MR) is 183 cm³/mol. The van der Waals surface area contributed by atoms with Crippen molar-refractivity contribution in [3.8, 4) is 11.1 Å². The number of amidine groups is 1. The maximum atomic E-state index is 17.0. The molecule has 2 aromatic carbocycles. The molecule has 4 heterocycles. The zero-order valence-corrected chi connectivity index (χ0v) is 29.0. The van der Waals surface area contributed by atoms with Gasteiger partial charge in [0.15, 0.2) is 5.82 Å². The molecule has 4 atom stereocenters. The molecule has 1 amide bonds. The Morgan fingerprint density at radius 2 is 1.88 bits per heavy atom. The molecule has 2 bridgehead atoms. The highest BCUT2D eigenvalue weighted by Gasteiger charge is 2.40. The maximum Gasteiger partial charge on any atom is 0.413 e. The summed E-state index contributed by atoms with van der Waals surface area (Å²) in [5, 5.41) is 6.73. The van der Waals surface area contributed by atoms with Crippen LogP contribution >= 0.6 is 11.6 Å². The number of likely N-dealkylation sites (tertiary alicyclic amines) is 1. The summed E-state index contributed by atoms with van der Waals surface area (Å²) < 4.78 is 51.2. The minimum absolute atomic E-state index is 0.00623. The summed E-state index contributed by atoms with van der Waals surface area (Å²) in [4.78, 5) is 30.7. The number of benzene rings is 2. The third-order valence-corrected chi connectivity index (χ3v) is 9.86. The number of hydrogen-bond donors (Lipinski definition) is 2. The Labute approximate surface area is 284 Å². The molecule has 4 unspecified atom stereocenters. The number of carbonyl (C=O) groups is 1. The second-order valence-electron chi connectivity index (χ2n) is 14.6. The number of nitrogens with zero attached hydrogens (tertiary/aromatic N) is 5. The number of hydrogen-bond acceptors (Lipinski definition) is 8. The Morgan fingerprint density at radius 1 is 1.17 bits per heavy atom. The first-order chi connectivity index (χ1) is 22.6. The lowest BCUT2D eigenvalue weighted by Gasteiger charge is -2.35. The van der Waals surface area contributed by atoms with Crippen LogP contribution in [0.5, 0.6) is 0 Å². The van der Waals surface area contributed by atoms with Crippen molar-refractivity contribution in [3.05, 3.63) is 46.7 Å². The van der Waals surface area contributed by atoms with Gasteiger partial charge in [0.1, 0.15) is 40.6 Å². The molecular formula is C35H43ClF3N7O2. The van der Waals surface area contributed by atoms with Gasteiger partial charge in [-0.2, -0.15) is 0 Å². The van der Waals surface area contributed by atoms with E-state index in [0.29, 0.717) is 68.0 Å². The summed E-state index contributed by atoms with van der Waals surface area (Å²) in [5.41, 5.74) is -0.720. The van der Waals surface area contributed by atoms with Crippen molar-refractivity contribution < 1.29 is 22.7 Å². The molecule has 0 saturated carbocycles. The van der Waals surface area contributed by atoms with Gasteiger partial charge in [-0.1, -0.05) is 11.6 Å². The molecule has 0 radical (unpaired) electrons. The normalized spacial score (nSPS) is 24.8. The molecule has 2 N–H and O–H groups in total. The number of alkyl carbamates (subject to hydrolysis) is 1. The highest BCUT2D eigenvalue weighted by atomic mass is 35.5. The molecule has 258 valence electrons. The van der Waals surface area contributed by atoms with Crippen molar-refractivity contribution in [1.29, 1.82) is 0 Å². The molecule has 13 heteroatoms. The quantitative estimate of drug-likeness (QED) is 0.211. The lowest BCUT2D eigenvalue weighted by atomic mass is 9.92. The molecule has 6 rings (SSSR count). The molecule has 1 aromatic heterocycles. The van der Waals surface area contributed by atoms with Crippen molar-refractivity contribution in [2.45, 2.75) is 96.1 Å². The number of aromatic nitrogens is 2. The van der Waals surface area contributed by atoms with E-state index >= 15 is 4.39 Å². The molecule has 48 heavy (non-hydrogen) atoms. The number of piperazine rings is 1. The maximum absolute atomic E-state index is 17.0. The number of carbonyl (C=O) groups excluding carboxylic acids is 1. The summed E-state index contributed by atoms with van der Waals surface area (Å²) in [6.45, 7) is 10.6. The Kier molecular flexibility index (Phi) is 9.38. The molecule has 0 aliphatic carbocycles. The highest BCUT2D eigenvalue weighted by molar-refractivity contribution is 6.34. The average Bonchev–Trinajstić information content (AvgIpc) is 3.46. The molecule has 3 aromatic rings. The zero-order valence-electron chi connectivity index (χ0n) is 28.3. The van der Waals surface area contributed by atoms with Crippen LogP contribution in [-0.4, -0.2) is 82.9 Å². The minimum atomic E-state index is -0.901. The molecule has 3 saturated heterocycles. The van der Waals surface area contributed by atoms with Crippen molar-refractivity contribution in [2.24, 2.45) is 4.99 Å². The third kappa shape index (κ3) is 7.25. The van der Waals surface area contributed by atoms with Gasteiger partial charge in [-0.15, -0.1) is 0 Å². The number of halogens is 4. The lowest BCUT2D eigenvalue weighted by Crippen LogP contribution is -2.51. The van der Waals surface area contributed by atoms with Crippen molar-refractivity contribution in [3.63, 3.8) is 0 Å². The van der Waals surface area contributed by atoms with Crippen LogP contribution in [0.15, 0.2) is 29.3 Å². The van der Waals surface area contributed by atoms with Gasteiger partial charge >= 0.3 is 6.09 Å². The fourth-order valence-electron chi connectivity index (χ4n) is 7.15. The van der Waals surface area contributed by atoms with Crippen LogP contribution in [0.25, 0.3) is 22.0 Å². The zero-order chi connectivity index (χ0) is 34.5. The monoisotopic (exact) mass is 685 g/mol. The third-order valence-electron chi connectivity index (χ3n) is 9.57. The van der Waals surface area contributed by atoms with Gasteiger partial charge in [-0.25, -0.2) is 32.9 Å². The minimum Gasteiger partial charge on any atom is -0.444 e. The van der Waals surface area contributed by atoms with E-state index in [9.17, 15) is 13.6 Å². The standard InChI is InChI=1S/C35H43ClF3N7O2/c1-19(41-33(47)48-34(2,3)4)40-27-13-20(37)7-10-24(27)29-26(36)14-25-31(30(29)39)43-28(11-12-35(5)15-21(38)16-45(35)6)44-32(25)46-17-22-8-9-23(18-46)42-22/h7,10,13-14,21-23,42H,8-9,11-12,15-18H2,1-6H3,(H,40,41,47). The van der Waals surface area contributed by atoms with Crippen LogP contribution in [0.2, 0.25) is 5.02 Å². The number of alkyl halides is 1. The number of aliphatic imine (C=N–C) groups is 1.